The quantitative estimate of drug-likeness (QED) is 0.509. The molecule has 32 heavy (non-hydrogen) atoms. The average molecular weight is 449 g/mol. The third kappa shape index (κ3) is 5.14. The highest BCUT2D eigenvalue weighted by Gasteiger charge is 2.30. The SMILES string of the molecule is Cc1cc(Cl)ccc1OC(C)C(=O)N1CCN(C(c2ccccc2)c2ccccc2)CC1. The van der Waals surface area contributed by atoms with Gasteiger partial charge in [0, 0.05) is 31.2 Å². The van der Waals surface area contributed by atoms with Crippen LogP contribution < -0.4 is 4.74 Å². The lowest BCUT2D eigenvalue weighted by molar-refractivity contribution is -0.140. The zero-order valence-corrected chi connectivity index (χ0v) is 19.3. The number of benzene rings is 3. The number of hydrogen-bond donors (Lipinski definition) is 0. The minimum absolute atomic E-state index is 0.0231. The van der Waals surface area contributed by atoms with E-state index in [1.165, 1.54) is 11.1 Å². The van der Waals surface area contributed by atoms with Crippen molar-refractivity contribution in [2.45, 2.75) is 26.0 Å². The van der Waals surface area contributed by atoms with E-state index in [1.807, 2.05) is 43.0 Å². The van der Waals surface area contributed by atoms with E-state index in [1.54, 1.807) is 6.07 Å². The molecule has 3 aromatic rings. The second-order valence-electron chi connectivity index (χ2n) is 8.26. The summed E-state index contributed by atoms with van der Waals surface area (Å²) in [7, 11) is 0. The second kappa shape index (κ2) is 10.2. The Morgan fingerprint density at radius 2 is 1.44 bits per heavy atom. The number of piperazine rings is 1. The first-order valence-corrected chi connectivity index (χ1v) is 11.5. The predicted molar refractivity (Wildman–Crippen MR) is 129 cm³/mol. The van der Waals surface area contributed by atoms with Crippen LogP contribution in [-0.4, -0.2) is 48.0 Å². The minimum Gasteiger partial charge on any atom is -0.481 e. The molecule has 1 amide bonds. The van der Waals surface area contributed by atoms with Gasteiger partial charge in [0.1, 0.15) is 5.75 Å². The maximum atomic E-state index is 13.1. The first-order chi connectivity index (χ1) is 15.5. The standard InChI is InChI=1S/C27H29ClN2O2/c1-20-19-24(28)13-14-25(20)32-21(2)27(31)30-17-15-29(16-18-30)26(22-9-5-3-6-10-22)23-11-7-4-8-12-23/h3-14,19,21,26H,15-18H2,1-2H3. The van der Waals surface area contributed by atoms with Crippen molar-refractivity contribution < 1.29 is 9.53 Å². The van der Waals surface area contributed by atoms with Gasteiger partial charge in [0.2, 0.25) is 0 Å². The summed E-state index contributed by atoms with van der Waals surface area (Å²) in [6.45, 7) is 6.74. The van der Waals surface area contributed by atoms with E-state index >= 15 is 0 Å². The number of amides is 1. The zero-order valence-electron chi connectivity index (χ0n) is 18.6. The molecule has 1 heterocycles. The molecule has 0 aliphatic carbocycles. The van der Waals surface area contributed by atoms with Crippen LogP contribution in [0.3, 0.4) is 0 Å². The number of halogens is 1. The molecule has 1 unspecified atom stereocenters. The third-order valence-corrected chi connectivity index (χ3v) is 6.25. The van der Waals surface area contributed by atoms with Gasteiger partial charge in [-0.3, -0.25) is 9.69 Å². The molecule has 3 aromatic carbocycles. The first kappa shape index (κ1) is 22.4. The van der Waals surface area contributed by atoms with Crippen LogP contribution in [0.1, 0.15) is 29.7 Å². The molecule has 0 bridgehead atoms. The Morgan fingerprint density at radius 3 is 1.97 bits per heavy atom. The van der Waals surface area contributed by atoms with E-state index in [0.717, 1.165) is 18.7 Å². The first-order valence-electron chi connectivity index (χ1n) is 11.1. The molecule has 5 heteroatoms. The van der Waals surface area contributed by atoms with E-state index in [2.05, 4.69) is 53.4 Å². The molecular formula is C27H29ClN2O2. The fraction of sp³-hybridized carbons (Fsp3) is 0.296. The molecule has 4 nitrogen and oxygen atoms in total. The highest BCUT2D eigenvalue weighted by molar-refractivity contribution is 6.30. The summed E-state index contributed by atoms with van der Waals surface area (Å²) in [5, 5.41) is 0.663. The van der Waals surface area contributed by atoms with Gasteiger partial charge in [0.15, 0.2) is 6.10 Å². The Labute approximate surface area is 195 Å². The Morgan fingerprint density at radius 1 is 0.875 bits per heavy atom. The topological polar surface area (TPSA) is 32.8 Å². The molecule has 1 saturated heterocycles. The van der Waals surface area contributed by atoms with Gasteiger partial charge in [0.25, 0.3) is 5.91 Å². The smallest absolute Gasteiger partial charge is 0.263 e. The summed E-state index contributed by atoms with van der Waals surface area (Å²) in [6.07, 6.45) is -0.541. The number of ether oxygens (including phenoxy) is 1. The fourth-order valence-corrected chi connectivity index (χ4v) is 4.55. The molecule has 0 spiro atoms. The monoisotopic (exact) mass is 448 g/mol. The summed E-state index contributed by atoms with van der Waals surface area (Å²) in [5.74, 6) is 0.720. The lowest BCUT2D eigenvalue weighted by atomic mass is 9.96. The van der Waals surface area contributed by atoms with Crippen molar-refractivity contribution in [2.75, 3.05) is 26.2 Å². The molecule has 1 aliphatic heterocycles. The third-order valence-electron chi connectivity index (χ3n) is 6.01. The lowest BCUT2D eigenvalue weighted by Gasteiger charge is -2.40. The highest BCUT2D eigenvalue weighted by Crippen LogP contribution is 2.30. The van der Waals surface area contributed by atoms with Crippen molar-refractivity contribution in [3.05, 3.63) is 101 Å². The average Bonchev–Trinajstić information content (AvgIpc) is 2.82. The maximum absolute atomic E-state index is 13.1. The molecule has 0 N–H and O–H groups in total. The normalized spacial score (nSPS) is 15.6. The van der Waals surface area contributed by atoms with Gasteiger partial charge >= 0.3 is 0 Å². The number of rotatable bonds is 6. The van der Waals surface area contributed by atoms with Crippen molar-refractivity contribution in [2.24, 2.45) is 0 Å². The van der Waals surface area contributed by atoms with Crippen molar-refractivity contribution in [3.8, 4) is 5.75 Å². The summed E-state index contributed by atoms with van der Waals surface area (Å²) in [6, 6.07) is 26.8. The molecule has 166 valence electrons. The molecule has 0 saturated carbocycles. The van der Waals surface area contributed by atoms with Crippen LogP contribution in [0.15, 0.2) is 78.9 Å². The Hall–Kier alpha value is -2.82. The van der Waals surface area contributed by atoms with Gasteiger partial charge in [-0.25, -0.2) is 0 Å². The number of aryl methyl sites for hydroxylation is 1. The molecule has 0 radical (unpaired) electrons. The van der Waals surface area contributed by atoms with Crippen molar-refractivity contribution >= 4 is 17.5 Å². The molecule has 4 rings (SSSR count). The van der Waals surface area contributed by atoms with Crippen LogP contribution in [0.2, 0.25) is 5.02 Å². The summed E-state index contributed by atoms with van der Waals surface area (Å²) in [4.78, 5) is 17.4. The van der Waals surface area contributed by atoms with Crippen LogP contribution in [0.4, 0.5) is 0 Å². The van der Waals surface area contributed by atoms with Crippen molar-refractivity contribution in [3.63, 3.8) is 0 Å². The molecule has 1 atom stereocenters. The summed E-state index contributed by atoms with van der Waals surface area (Å²) in [5.41, 5.74) is 3.47. The molecule has 0 aromatic heterocycles. The highest BCUT2D eigenvalue weighted by atomic mass is 35.5. The van der Waals surface area contributed by atoms with Gasteiger partial charge in [-0.05, 0) is 48.7 Å². The van der Waals surface area contributed by atoms with Gasteiger partial charge in [-0.2, -0.15) is 0 Å². The van der Waals surface area contributed by atoms with Gasteiger partial charge < -0.3 is 9.64 Å². The fourth-order valence-electron chi connectivity index (χ4n) is 4.33. The summed E-state index contributed by atoms with van der Waals surface area (Å²) >= 11 is 6.03. The lowest BCUT2D eigenvalue weighted by Crippen LogP contribution is -2.52. The van der Waals surface area contributed by atoms with E-state index < -0.39 is 6.10 Å². The maximum Gasteiger partial charge on any atom is 0.263 e. The number of hydrogen-bond acceptors (Lipinski definition) is 3. The Bertz CT molecular complexity index is 995. The van der Waals surface area contributed by atoms with Crippen LogP contribution >= 0.6 is 11.6 Å². The Kier molecular flexibility index (Phi) is 7.13. The van der Waals surface area contributed by atoms with Gasteiger partial charge in [-0.15, -0.1) is 0 Å². The van der Waals surface area contributed by atoms with Crippen LogP contribution in [0.25, 0.3) is 0 Å². The van der Waals surface area contributed by atoms with Gasteiger partial charge in [0.05, 0.1) is 6.04 Å². The van der Waals surface area contributed by atoms with Gasteiger partial charge in [-0.1, -0.05) is 72.3 Å². The molecular weight excluding hydrogens is 420 g/mol. The predicted octanol–water partition coefficient (Wildman–Crippen LogP) is 5.35. The van der Waals surface area contributed by atoms with E-state index in [4.69, 9.17) is 16.3 Å². The number of carbonyl (C=O) groups excluding carboxylic acids is 1. The van der Waals surface area contributed by atoms with Crippen LogP contribution in [-0.2, 0) is 4.79 Å². The van der Waals surface area contributed by atoms with Crippen molar-refractivity contribution in [1.29, 1.82) is 0 Å². The summed E-state index contributed by atoms with van der Waals surface area (Å²) < 4.78 is 5.96. The number of carbonyl (C=O) groups is 1. The largest absolute Gasteiger partial charge is 0.481 e. The van der Waals surface area contributed by atoms with Crippen molar-refractivity contribution in [1.82, 2.24) is 9.80 Å². The van der Waals surface area contributed by atoms with E-state index in [9.17, 15) is 4.79 Å². The number of nitrogens with zero attached hydrogens (tertiary/aromatic N) is 2. The minimum atomic E-state index is -0.541. The molecule has 1 fully saturated rings. The zero-order chi connectivity index (χ0) is 22.5. The second-order valence-corrected chi connectivity index (χ2v) is 8.69. The van der Waals surface area contributed by atoms with E-state index in [0.29, 0.717) is 23.9 Å². The molecule has 1 aliphatic rings. The van der Waals surface area contributed by atoms with Crippen LogP contribution in [0.5, 0.6) is 5.75 Å². The van der Waals surface area contributed by atoms with Crippen LogP contribution in [0, 0.1) is 6.92 Å². The Balaban J connectivity index is 1.42. The van der Waals surface area contributed by atoms with E-state index in [-0.39, 0.29) is 11.9 Å².